The number of allylic oxidation sites excluding steroid dienone is 7. The molecule has 0 saturated carbocycles. The van der Waals surface area contributed by atoms with Crippen molar-refractivity contribution in [3.63, 3.8) is 0 Å². The molecule has 0 aliphatic rings. The zero-order valence-corrected chi connectivity index (χ0v) is 45.5. The number of hydrogen-bond donors (Lipinski definition) is 2. The Balaban J connectivity index is 5.39. The lowest BCUT2D eigenvalue weighted by atomic mass is 10.0. The van der Waals surface area contributed by atoms with E-state index in [1.807, 2.05) is 33.3 Å². The highest BCUT2D eigenvalue weighted by atomic mass is 31.2. The van der Waals surface area contributed by atoms with Crippen molar-refractivity contribution in [1.29, 1.82) is 0 Å². The van der Waals surface area contributed by atoms with Crippen molar-refractivity contribution >= 4 is 19.7 Å². The lowest BCUT2D eigenvalue weighted by Crippen LogP contribution is -2.47. The van der Waals surface area contributed by atoms with Gasteiger partial charge in [0.1, 0.15) is 19.3 Å². The zero-order chi connectivity index (χ0) is 49.4. The number of hydrogen-bond acceptors (Lipinski definition) is 6. The largest absolute Gasteiger partial charge is 0.472 e. The minimum atomic E-state index is -4.44. The minimum absolute atomic E-state index is 0.0362. The van der Waals surface area contributed by atoms with Crippen LogP contribution < -0.4 is 5.32 Å². The molecule has 0 spiro atoms. The average Bonchev–Trinajstić information content (AvgIpc) is 3.28. The fourth-order valence-corrected chi connectivity index (χ4v) is 8.69. The predicted octanol–water partition coefficient (Wildman–Crippen LogP) is 16.6. The van der Waals surface area contributed by atoms with E-state index in [0.29, 0.717) is 17.4 Å². The minimum Gasteiger partial charge on any atom is -0.456 e. The summed E-state index contributed by atoms with van der Waals surface area (Å²) in [6, 6.07) is -0.856. The van der Waals surface area contributed by atoms with E-state index in [2.05, 4.69) is 62.5 Å². The third-order valence-corrected chi connectivity index (χ3v) is 13.3. The Labute approximate surface area is 414 Å². The highest BCUT2D eigenvalue weighted by Gasteiger charge is 2.30. The van der Waals surface area contributed by atoms with Gasteiger partial charge in [0.05, 0.1) is 33.8 Å². The highest BCUT2D eigenvalue weighted by molar-refractivity contribution is 7.47. The molecule has 0 radical (unpaired) electrons. The van der Waals surface area contributed by atoms with E-state index in [1.54, 1.807) is 0 Å². The van der Waals surface area contributed by atoms with Crippen LogP contribution in [0.3, 0.4) is 0 Å². The molecule has 0 aromatic heterocycles. The number of phosphoric ester groups is 1. The molecule has 0 rings (SSSR count). The molecule has 3 unspecified atom stereocenters. The fraction of sp³-hybridized carbons (Fsp3) is 0.825. The van der Waals surface area contributed by atoms with Gasteiger partial charge in [-0.05, 0) is 63.9 Å². The van der Waals surface area contributed by atoms with E-state index in [1.165, 1.54) is 128 Å². The second-order valence-electron chi connectivity index (χ2n) is 20.1. The zero-order valence-electron chi connectivity index (χ0n) is 44.6. The quantitative estimate of drug-likeness (QED) is 0.0205. The van der Waals surface area contributed by atoms with Crippen LogP contribution in [0.15, 0.2) is 48.6 Å². The molecule has 0 aromatic rings. The molecule has 1 amide bonds. The highest BCUT2D eigenvalue weighted by Crippen LogP contribution is 2.43. The van der Waals surface area contributed by atoms with Crippen molar-refractivity contribution < 1.29 is 37.3 Å². The van der Waals surface area contributed by atoms with Gasteiger partial charge in [-0.2, -0.15) is 0 Å². The summed E-state index contributed by atoms with van der Waals surface area (Å²) in [7, 11) is 1.48. The van der Waals surface area contributed by atoms with Crippen molar-refractivity contribution in [2.24, 2.45) is 0 Å². The van der Waals surface area contributed by atoms with Crippen LogP contribution >= 0.6 is 7.82 Å². The number of unbranched alkanes of at least 4 members (excludes halogenated alkanes) is 28. The number of esters is 1. The van der Waals surface area contributed by atoms with Crippen molar-refractivity contribution in [1.82, 2.24) is 5.32 Å². The van der Waals surface area contributed by atoms with E-state index in [9.17, 15) is 19.0 Å². The molecule has 0 aliphatic heterocycles. The first-order valence-electron chi connectivity index (χ1n) is 28.0. The molecule has 67 heavy (non-hydrogen) atoms. The summed E-state index contributed by atoms with van der Waals surface area (Å²) in [6.07, 6.45) is 56.7. The van der Waals surface area contributed by atoms with E-state index in [-0.39, 0.29) is 31.5 Å². The predicted molar refractivity (Wildman–Crippen MR) is 286 cm³/mol. The number of carbonyl (C=O) groups is 2. The molecule has 2 N–H and O–H groups in total. The van der Waals surface area contributed by atoms with Gasteiger partial charge in [-0.25, -0.2) is 4.57 Å². The smallest absolute Gasteiger partial charge is 0.456 e. The molecule has 0 saturated heterocycles. The third kappa shape index (κ3) is 48.8. The molecule has 0 bridgehead atoms. The number of carbonyl (C=O) groups excluding carboxylic acids is 2. The summed E-state index contributed by atoms with van der Waals surface area (Å²) >= 11 is 0. The van der Waals surface area contributed by atoms with E-state index >= 15 is 0 Å². The molecule has 0 fully saturated rings. The molecule has 0 aromatic carbocycles. The number of phosphoric acid groups is 1. The van der Waals surface area contributed by atoms with Gasteiger partial charge in [-0.15, -0.1) is 0 Å². The summed E-state index contributed by atoms with van der Waals surface area (Å²) in [4.78, 5) is 37.5. The van der Waals surface area contributed by atoms with E-state index < -0.39 is 20.0 Å². The molecular formula is C57H108N2O7P+. The average molecular weight is 964 g/mol. The summed E-state index contributed by atoms with van der Waals surface area (Å²) in [5.41, 5.74) is 0. The molecule has 0 heterocycles. The van der Waals surface area contributed by atoms with E-state index in [0.717, 1.165) is 89.9 Å². The van der Waals surface area contributed by atoms with Crippen LogP contribution in [0.5, 0.6) is 0 Å². The summed E-state index contributed by atoms with van der Waals surface area (Å²) in [5.74, 6) is -0.526. The van der Waals surface area contributed by atoms with Gasteiger partial charge in [-0.3, -0.25) is 18.6 Å². The maximum atomic E-state index is 13.5. The van der Waals surface area contributed by atoms with Gasteiger partial charge in [0.15, 0.2) is 0 Å². The standard InChI is InChI=1S/C57H107N2O7P/c1-7-10-13-16-19-22-25-28-30-32-35-38-41-44-47-50-57(61)66-55(48-45-42-39-36-33-27-24-21-18-15-12-9-3)54(53-65-67(62,63)64-52-51-59(4,5)6)58-56(60)49-46-43-40-37-34-31-29-26-23-20-17-14-11-8-2/h11,14,20,23,29,31,45,48,54-55H,7-10,12-13,15-19,21-22,24-28,30,32-44,46-47,49-53H2,1-6H3,(H-,58,60,62,63)/p+1/b14-11+,23-20+,31-29+,48-45+. The van der Waals surface area contributed by atoms with Crippen LogP contribution in [-0.2, 0) is 27.9 Å². The van der Waals surface area contributed by atoms with Crippen LogP contribution in [0.2, 0.25) is 0 Å². The number of likely N-dealkylation sites (N-methyl/N-ethyl adjacent to an activating group) is 1. The van der Waals surface area contributed by atoms with Crippen molar-refractivity contribution in [3.8, 4) is 0 Å². The number of amides is 1. The lowest BCUT2D eigenvalue weighted by Gasteiger charge is -2.27. The number of ether oxygens (including phenoxy) is 1. The van der Waals surface area contributed by atoms with Crippen LogP contribution in [0.1, 0.15) is 252 Å². The number of nitrogens with zero attached hydrogens (tertiary/aromatic N) is 1. The Morgan fingerprint density at radius 1 is 0.537 bits per heavy atom. The second kappa shape index (κ2) is 47.6. The Morgan fingerprint density at radius 3 is 1.43 bits per heavy atom. The third-order valence-electron chi connectivity index (χ3n) is 12.3. The van der Waals surface area contributed by atoms with Gasteiger partial charge in [0.2, 0.25) is 5.91 Å². The molecule has 0 aliphatic carbocycles. The number of nitrogens with one attached hydrogen (secondary N) is 1. The van der Waals surface area contributed by atoms with Crippen molar-refractivity contribution in [2.75, 3.05) is 40.9 Å². The van der Waals surface area contributed by atoms with Gasteiger partial charge in [-0.1, -0.05) is 224 Å². The van der Waals surface area contributed by atoms with Crippen molar-refractivity contribution in [3.05, 3.63) is 48.6 Å². The summed E-state index contributed by atoms with van der Waals surface area (Å²) in [6.45, 7) is 6.88. The van der Waals surface area contributed by atoms with Crippen LogP contribution in [0.4, 0.5) is 0 Å². The molecule has 3 atom stereocenters. The first kappa shape index (κ1) is 65.0. The summed E-state index contributed by atoms with van der Waals surface area (Å²) < 4.78 is 30.6. The Hall–Kier alpha value is -2.03. The maximum Gasteiger partial charge on any atom is 0.472 e. The van der Waals surface area contributed by atoms with Gasteiger partial charge >= 0.3 is 13.8 Å². The van der Waals surface area contributed by atoms with Gasteiger partial charge < -0.3 is 19.4 Å². The molecule has 392 valence electrons. The first-order chi connectivity index (χ1) is 32.4. The molecular weight excluding hydrogens is 856 g/mol. The lowest BCUT2D eigenvalue weighted by molar-refractivity contribution is -0.870. The van der Waals surface area contributed by atoms with Crippen LogP contribution in [-0.4, -0.2) is 74.3 Å². The topological polar surface area (TPSA) is 111 Å². The van der Waals surface area contributed by atoms with Crippen molar-refractivity contribution in [2.45, 2.75) is 264 Å². The molecule has 10 heteroatoms. The second-order valence-corrected chi connectivity index (χ2v) is 21.5. The Morgan fingerprint density at radius 2 is 0.955 bits per heavy atom. The number of rotatable bonds is 50. The van der Waals surface area contributed by atoms with Crippen LogP contribution in [0, 0.1) is 0 Å². The van der Waals surface area contributed by atoms with Gasteiger partial charge in [0, 0.05) is 12.8 Å². The fourth-order valence-electron chi connectivity index (χ4n) is 7.95. The van der Waals surface area contributed by atoms with E-state index in [4.69, 9.17) is 13.8 Å². The van der Waals surface area contributed by atoms with Gasteiger partial charge in [0.25, 0.3) is 0 Å². The first-order valence-corrected chi connectivity index (χ1v) is 29.5. The number of quaternary nitrogens is 1. The Kier molecular flexibility index (Phi) is 46.2. The monoisotopic (exact) mass is 964 g/mol. The molecule has 9 nitrogen and oxygen atoms in total. The normalized spacial score (nSPS) is 14.2. The van der Waals surface area contributed by atoms with Crippen LogP contribution in [0.25, 0.3) is 0 Å². The maximum absolute atomic E-state index is 13.5. The SMILES string of the molecule is CC/C=C/C/C=C/C/C=C/CCCCCCC(=O)NC(COP(=O)(O)OCC[N+](C)(C)C)C(/C=C/CCCCCCCCCCCC)OC(=O)CCCCCCCCCCCCCCCCC. The summed E-state index contributed by atoms with van der Waals surface area (Å²) in [5, 5.41) is 3.03. The Bertz CT molecular complexity index is 1290.